The Morgan fingerprint density at radius 1 is 1.35 bits per heavy atom. The molecule has 0 unspecified atom stereocenters. The van der Waals surface area contributed by atoms with Gasteiger partial charge in [-0.3, -0.25) is 0 Å². The number of rotatable bonds is 4. The number of benzene rings is 1. The predicted octanol–water partition coefficient (Wildman–Crippen LogP) is 3.72. The van der Waals surface area contributed by atoms with Gasteiger partial charge in [-0.25, -0.2) is 4.39 Å². The molecule has 88 valence electrons. The molecule has 0 spiro atoms. The van der Waals surface area contributed by atoms with Gasteiger partial charge in [-0.2, -0.15) is 5.26 Å². The molecule has 0 aliphatic heterocycles. The summed E-state index contributed by atoms with van der Waals surface area (Å²) in [6.45, 7) is 3.66. The second-order valence-corrected chi connectivity index (χ2v) is 3.62. The topological polar surface area (TPSA) is 33.0 Å². The third-order valence-electron chi connectivity index (χ3n) is 2.16. The fraction of sp³-hybridized carbons (Fsp3) is 0.214. The summed E-state index contributed by atoms with van der Waals surface area (Å²) < 4.78 is 18.6. The molecule has 0 saturated carbocycles. The van der Waals surface area contributed by atoms with Crippen molar-refractivity contribution in [2.45, 2.75) is 20.5 Å². The largest absolute Gasteiger partial charge is 0.493 e. The molecule has 1 rings (SSSR count). The van der Waals surface area contributed by atoms with Gasteiger partial charge in [-0.15, -0.1) is 0 Å². The van der Waals surface area contributed by atoms with Crippen molar-refractivity contribution >= 4 is 0 Å². The third kappa shape index (κ3) is 4.52. The maximum absolute atomic E-state index is 13.3. The first-order chi connectivity index (χ1) is 8.13. The summed E-state index contributed by atoms with van der Waals surface area (Å²) in [6, 6.07) is 8.49. The van der Waals surface area contributed by atoms with E-state index in [1.807, 2.05) is 6.07 Å². The van der Waals surface area contributed by atoms with Gasteiger partial charge in [0.25, 0.3) is 0 Å². The molecule has 0 amide bonds. The summed E-state index contributed by atoms with van der Waals surface area (Å²) in [5, 5.41) is 8.55. The van der Waals surface area contributed by atoms with Crippen LogP contribution in [0.5, 0.6) is 0 Å². The van der Waals surface area contributed by atoms with Crippen LogP contribution < -0.4 is 0 Å². The van der Waals surface area contributed by atoms with E-state index >= 15 is 0 Å². The highest BCUT2D eigenvalue weighted by Gasteiger charge is 2.00. The summed E-state index contributed by atoms with van der Waals surface area (Å²) in [5.41, 5.74) is 1.11. The molecule has 0 saturated heterocycles. The van der Waals surface area contributed by atoms with Crippen LogP contribution in [-0.2, 0) is 11.3 Å². The first-order valence-corrected chi connectivity index (χ1v) is 5.25. The number of nitrogens with zero attached hydrogens (tertiary/aromatic N) is 1. The van der Waals surface area contributed by atoms with Crippen LogP contribution in [-0.4, -0.2) is 0 Å². The van der Waals surface area contributed by atoms with E-state index in [0.29, 0.717) is 16.9 Å². The molecule has 0 aliphatic carbocycles. The maximum Gasteiger partial charge on any atom is 0.129 e. The van der Waals surface area contributed by atoms with Gasteiger partial charge in [-0.05, 0) is 32.1 Å². The first kappa shape index (κ1) is 13.0. The van der Waals surface area contributed by atoms with E-state index in [4.69, 9.17) is 10.00 Å². The lowest BCUT2D eigenvalue weighted by Gasteiger charge is -2.06. The maximum atomic E-state index is 13.3. The normalized spacial score (nSPS) is 12.1. The molecule has 0 fully saturated rings. The van der Waals surface area contributed by atoms with Crippen LogP contribution in [0.25, 0.3) is 0 Å². The number of allylic oxidation sites excluding steroid dienone is 4. The second-order valence-electron chi connectivity index (χ2n) is 3.62. The fourth-order valence-corrected chi connectivity index (χ4v) is 1.13. The van der Waals surface area contributed by atoms with Crippen molar-refractivity contribution in [2.24, 2.45) is 0 Å². The van der Waals surface area contributed by atoms with E-state index in [9.17, 15) is 4.39 Å². The van der Waals surface area contributed by atoms with Crippen molar-refractivity contribution < 1.29 is 9.13 Å². The van der Waals surface area contributed by atoms with Crippen LogP contribution >= 0.6 is 0 Å². The van der Waals surface area contributed by atoms with Gasteiger partial charge in [-0.1, -0.05) is 18.2 Å². The van der Waals surface area contributed by atoms with Crippen LogP contribution in [0.15, 0.2) is 47.7 Å². The number of hydrogen-bond acceptors (Lipinski definition) is 2. The highest BCUT2D eigenvalue weighted by molar-refractivity contribution is 5.24. The minimum absolute atomic E-state index is 0.189. The van der Waals surface area contributed by atoms with Gasteiger partial charge in [0.1, 0.15) is 12.4 Å². The van der Waals surface area contributed by atoms with Gasteiger partial charge >= 0.3 is 0 Å². The Bertz CT molecular complexity index is 483. The number of hydrogen-bond donors (Lipinski definition) is 0. The minimum atomic E-state index is -0.274. The lowest BCUT2D eigenvalue weighted by Crippen LogP contribution is -1.94. The van der Waals surface area contributed by atoms with Gasteiger partial charge in [0, 0.05) is 11.1 Å². The van der Waals surface area contributed by atoms with Crippen LogP contribution in [0.3, 0.4) is 0 Å². The monoisotopic (exact) mass is 231 g/mol. The standard InChI is InChI=1S/C14H14FNO/c1-11(9-16)7-8-12(2)17-10-13-5-3-4-6-14(13)15/h3-8H,10H2,1-2H3/b11-7+,12-8+. The molecule has 17 heavy (non-hydrogen) atoms. The van der Waals surface area contributed by atoms with Crippen molar-refractivity contribution in [1.82, 2.24) is 0 Å². The molecular weight excluding hydrogens is 217 g/mol. The van der Waals surface area contributed by atoms with Crippen molar-refractivity contribution in [3.8, 4) is 6.07 Å². The number of ether oxygens (including phenoxy) is 1. The zero-order chi connectivity index (χ0) is 12.7. The molecule has 3 heteroatoms. The molecule has 2 nitrogen and oxygen atoms in total. The SMILES string of the molecule is C/C(C#N)=C\C=C(/C)OCc1ccccc1F. The molecule has 0 heterocycles. The Hall–Kier alpha value is -2.08. The van der Waals surface area contributed by atoms with E-state index in [2.05, 4.69) is 0 Å². The third-order valence-corrected chi connectivity index (χ3v) is 2.16. The molecule has 0 atom stereocenters. The van der Waals surface area contributed by atoms with Crippen LogP contribution in [0, 0.1) is 17.1 Å². The Labute approximate surface area is 101 Å². The number of nitriles is 1. The summed E-state index contributed by atoms with van der Waals surface area (Å²) >= 11 is 0. The van der Waals surface area contributed by atoms with Crippen molar-refractivity contribution in [2.75, 3.05) is 0 Å². The van der Waals surface area contributed by atoms with Crippen LogP contribution in [0.4, 0.5) is 4.39 Å². The quantitative estimate of drug-likeness (QED) is 0.449. The lowest BCUT2D eigenvalue weighted by molar-refractivity contribution is 0.197. The summed E-state index contributed by atoms with van der Waals surface area (Å²) in [4.78, 5) is 0. The zero-order valence-electron chi connectivity index (χ0n) is 9.90. The molecule has 1 aromatic carbocycles. The van der Waals surface area contributed by atoms with Gasteiger partial charge in [0.2, 0.25) is 0 Å². The van der Waals surface area contributed by atoms with E-state index < -0.39 is 0 Å². The zero-order valence-corrected chi connectivity index (χ0v) is 9.90. The lowest BCUT2D eigenvalue weighted by atomic mass is 10.2. The second kappa shape index (κ2) is 6.49. The van der Waals surface area contributed by atoms with Crippen LogP contribution in [0.2, 0.25) is 0 Å². The number of halogens is 1. The Morgan fingerprint density at radius 3 is 2.71 bits per heavy atom. The predicted molar refractivity (Wildman–Crippen MR) is 64.3 cm³/mol. The average molecular weight is 231 g/mol. The Morgan fingerprint density at radius 2 is 2.06 bits per heavy atom. The van der Waals surface area contributed by atoms with Crippen LogP contribution in [0.1, 0.15) is 19.4 Å². The van der Waals surface area contributed by atoms with Crippen molar-refractivity contribution in [3.63, 3.8) is 0 Å². The van der Waals surface area contributed by atoms with E-state index in [0.717, 1.165) is 0 Å². The minimum Gasteiger partial charge on any atom is -0.493 e. The van der Waals surface area contributed by atoms with Crippen molar-refractivity contribution in [3.05, 3.63) is 59.1 Å². The van der Waals surface area contributed by atoms with Gasteiger partial charge in [0.15, 0.2) is 0 Å². The highest BCUT2D eigenvalue weighted by Crippen LogP contribution is 2.10. The molecule has 1 aromatic rings. The Balaban J connectivity index is 2.58. The van der Waals surface area contributed by atoms with Gasteiger partial charge < -0.3 is 4.74 Å². The van der Waals surface area contributed by atoms with Gasteiger partial charge in [0.05, 0.1) is 11.8 Å². The van der Waals surface area contributed by atoms with E-state index in [1.165, 1.54) is 6.07 Å². The summed E-state index contributed by atoms with van der Waals surface area (Å²) in [7, 11) is 0. The molecule has 0 radical (unpaired) electrons. The average Bonchev–Trinajstić information content (AvgIpc) is 2.35. The van der Waals surface area contributed by atoms with Crippen molar-refractivity contribution in [1.29, 1.82) is 5.26 Å². The molecular formula is C14H14FNO. The molecule has 0 aliphatic rings. The first-order valence-electron chi connectivity index (χ1n) is 5.25. The fourth-order valence-electron chi connectivity index (χ4n) is 1.13. The van der Waals surface area contributed by atoms with E-state index in [1.54, 1.807) is 44.2 Å². The molecule has 0 bridgehead atoms. The summed E-state index contributed by atoms with van der Waals surface area (Å²) in [5.74, 6) is 0.368. The summed E-state index contributed by atoms with van der Waals surface area (Å²) in [6.07, 6.45) is 3.36. The molecule has 0 aromatic heterocycles. The smallest absolute Gasteiger partial charge is 0.129 e. The molecule has 0 N–H and O–H groups in total. The highest BCUT2D eigenvalue weighted by atomic mass is 19.1. The van der Waals surface area contributed by atoms with E-state index in [-0.39, 0.29) is 12.4 Å². The Kier molecular flexibility index (Phi) is 4.96.